The van der Waals surface area contributed by atoms with Gasteiger partial charge in [-0.25, -0.2) is 0 Å². The highest BCUT2D eigenvalue weighted by atomic mass is 15.2. The van der Waals surface area contributed by atoms with E-state index in [0.717, 1.165) is 16.9 Å². The molecule has 0 aliphatic carbocycles. The molecule has 0 aliphatic rings. The topological polar surface area (TPSA) is 89.6 Å². The van der Waals surface area contributed by atoms with Crippen molar-refractivity contribution in [2.75, 3.05) is 11.1 Å². The van der Waals surface area contributed by atoms with Crippen molar-refractivity contribution in [3.05, 3.63) is 54.4 Å². The molecule has 2 aromatic heterocycles. The van der Waals surface area contributed by atoms with E-state index in [1.807, 2.05) is 49.4 Å². The summed E-state index contributed by atoms with van der Waals surface area (Å²) in [6.07, 6.45) is 1.72. The minimum Gasteiger partial charge on any atom is -0.368 e. The molecule has 6 nitrogen and oxygen atoms in total. The molecule has 1 aromatic carbocycles. The third kappa shape index (κ3) is 3.11. The third-order valence-corrected chi connectivity index (χ3v) is 2.84. The van der Waals surface area contributed by atoms with Crippen LogP contribution in [-0.4, -0.2) is 19.9 Å². The Labute approximate surface area is 122 Å². The lowest BCUT2D eigenvalue weighted by Crippen LogP contribution is -2.05. The predicted octanol–water partition coefficient (Wildman–Crippen LogP) is 2.57. The lowest BCUT2D eigenvalue weighted by atomic mass is 10.2. The highest BCUT2D eigenvalue weighted by Gasteiger charge is 2.07. The summed E-state index contributed by atoms with van der Waals surface area (Å²) in [6.45, 7) is 1.92. The Morgan fingerprint density at radius 2 is 1.81 bits per heavy atom. The minimum atomic E-state index is 0.178. The molecule has 104 valence electrons. The molecule has 2 heterocycles. The molecule has 0 aliphatic heterocycles. The van der Waals surface area contributed by atoms with Crippen LogP contribution in [0.1, 0.15) is 5.69 Å². The number of aryl methyl sites for hydroxylation is 1. The van der Waals surface area contributed by atoms with Gasteiger partial charge in [-0.1, -0.05) is 30.3 Å². The van der Waals surface area contributed by atoms with Gasteiger partial charge in [0, 0.05) is 23.1 Å². The molecule has 0 fully saturated rings. The molecule has 0 spiro atoms. The van der Waals surface area contributed by atoms with E-state index in [4.69, 9.17) is 5.73 Å². The lowest BCUT2D eigenvalue weighted by molar-refractivity contribution is 1.07. The molecule has 0 saturated heterocycles. The monoisotopic (exact) mass is 278 g/mol. The first-order valence-corrected chi connectivity index (χ1v) is 6.47. The Morgan fingerprint density at radius 1 is 1.00 bits per heavy atom. The lowest BCUT2D eigenvalue weighted by Gasteiger charge is -2.07. The van der Waals surface area contributed by atoms with Crippen LogP contribution in [0, 0.1) is 6.92 Å². The number of nitrogens with two attached hydrogens (primary N) is 1. The number of hydrogen-bond donors (Lipinski definition) is 2. The summed E-state index contributed by atoms with van der Waals surface area (Å²) >= 11 is 0. The van der Waals surface area contributed by atoms with Gasteiger partial charge in [0.2, 0.25) is 11.9 Å². The van der Waals surface area contributed by atoms with Crippen molar-refractivity contribution < 1.29 is 0 Å². The van der Waals surface area contributed by atoms with Gasteiger partial charge in [0.1, 0.15) is 0 Å². The summed E-state index contributed by atoms with van der Waals surface area (Å²) in [7, 11) is 0. The number of anilines is 3. The zero-order valence-corrected chi connectivity index (χ0v) is 11.5. The summed E-state index contributed by atoms with van der Waals surface area (Å²) in [5, 5.41) is 3.11. The standard InChI is InChI=1S/C15H14N6/c1-10-9-12(7-8-17-10)18-15-20-13(19-14(16)21-15)11-5-3-2-4-6-11/h2-9H,1H3,(H3,16,17,18,19,20,21). The maximum absolute atomic E-state index is 5.77. The van der Waals surface area contributed by atoms with E-state index >= 15 is 0 Å². The second-order valence-electron chi connectivity index (χ2n) is 4.52. The zero-order chi connectivity index (χ0) is 14.7. The van der Waals surface area contributed by atoms with Crippen LogP contribution >= 0.6 is 0 Å². The molecule has 0 amide bonds. The van der Waals surface area contributed by atoms with Gasteiger partial charge >= 0.3 is 0 Å². The Balaban J connectivity index is 1.95. The second kappa shape index (κ2) is 5.54. The van der Waals surface area contributed by atoms with Gasteiger partial charge in [0.25, 0.3) is 0 Å². The molecule has 3 rings (SSSR count). The molecule has 0 atom stereocenters. The smallest absolute Gasteiger partial charge is 0.232 e. The summed E-state index contributed by atoms with van der Waals surface area (Å²) in [4.78, 5) is 16.8. The van der Waals surface area contributed by atoms with Gasteiger partial charge in [0.05, 0.1) is 0 Å². The maximum Gasteiger partial charge on any atom is 0.232 e. The highest BCUT2D eigenvalue weighted by Crippen LogP contribution is 2.19. The predicted molar refractivity (Wildman–Crippen MR) is 81.9 cm³/mol. The average Bonchev–Trinajstić information content (AvgIpc) is 2.47. The fourth-order valence-electron chi connectivity index (χ4n) is 1.92. The number of nitrogens with one attached hydrogen (secondary N) is 1. The summed E-state index contributed by atoms with van der Waals surface area (Å²) in [6, 6.07) is 13.4. The Hall–Kier alpha value is -3.02. The number of nitrogen functional groups attached to an aromatic ring is 1. The maximum atomic E-state index is 5.77. The van der Waals surface area contributed by atoms with E-state index in [0.29, 0.717) is 11.8 Å². The van der Waals surface area contributed by atoms with Gasteiger partial charge in [-0.15, -0.1) is 0 Å². The van der Waals surface area contributed by atoms with Gasteiger partial charge < -0.3 is 11.1 Å². The van der Waals surface area contributed by atoms with E-state index in [2.05, 4.69) is 25.3 Å². The molecule has 3 N–H and O–H groups in total. The van der Waals surface area contributed by atoms with Crippen LogP contribution in [0.4, 0.5) is 17.6 Å². The molecule has 3 aromatic rings. The summed E-state index contributed by atoms with van der Waals surface area (Å²) in [5.41, 5.74) is 8.42. The first-order chi connectivity index (χ1) is 10.2. The largest absolute Gasteiger partial charge is 0.368 e. The van der Waals surface area contributed by atoms with E-state index < -0.39 is 0 Å². The second-order valence-corrected chi connectivity index (χ2v) is 4.52. The van der Waals surface area contributed by atoms with Crippen molar-refractivity contribution >= 4 is 17.6 Å². The van der Waals surface area contributed by atoms with Gasteiger partial charge in [0.15, 0.2) is 5.82 Å². The number of hydrogen-bond acceptors (Lipinski definition) is 6. The molecular formula is C15H14N6. The van der Waals surface area contributed by atoms with Crippen molar-refractivity contribution in [2.24, 2.45) is 0 Å². The highest BCUT2D eigenvalue weighted by molar-refractivity contribution is 5.60. The Morgan fingerprint density at radius 3 is 2.57 bits per heavy atom. The van der Waals surface area contributed by atoms with Gasteiger partial charge in [-0.3, -0.25) is 4.98 Å². The van der Waals surface area contributed by atoms with Gasteiger partial charge in [-0.05, 0) is 19.1 Å². The van der Waals surface area contributed by atoms with Crippen LogP contribution in [0.3, 0.4) is 0 Å². The number of aromatic nitrogens is 4. The Bertz CT molecular complexity index is 757. The molecule has 0 bridgehead atoms. The summed E-state index contributed by atoms with van der Waals surface area (Å²) in [5.74, 6) is 1.13. The number of rotatable bonds is 3. The molecule has 0 radical (unpaired) electrons. The first-order valence-electron chi connectivity index (χ1n) is 6.47. The molecule has 21 heavy (non-hydrogen) atoms. The fourth-order valence-corrected chi connectivity index (χ4v) is 1.92. The van der Waals surface area contributed by atoms with Crippen molar-refractivity contribution in [1.82, 2.24) is 19.9 Å². The van der Waals surface area contributed by atoms with E-state index in [1.54, 1.807) is 6.20 Å². The van der Waals surface area contributed by atoms with Crippen molar-refractivity contribution in [3.8, 4) is 11.4 Å². The van der Waals surface area contributed by atoms with Crippen molar-refractivity contribution in [1.29, 1.82) is 0 Å². The van der Waals surface area contributed by atoms with Crippen molar-refractivity contribution in [2.45, 2.75) is 6.92 Å². The fraction of sp³-hybridized carbons (Fsp3) is 0.0667. The average molecular weight is 278 g/mol. The van der Waals surface area contributed by atoms with Crippen LogP contribution in [0.5, 0.6) is 0 Å². The van der Waals surface area contributed by atoms with Crippen molar-refractivity contribution in [3.63, 3.8) is 0 Å². The zero-order valence-electron chi connectivity index (χ0n) is 11.5. The van der Waals surface area contributed by atoms with E-state index in [1.165, 1.54) is 0 Å². The molecular weight excluding hydrogens is 264 g/mol. The first kappa shape index (κ1) is 13.0. The SMILES string of the molecule is Cc1cc(Nc2nc(N)nc(-c3ccccc3)n2)ccn1. The summed E-state index contributed by atoms with van der Waals surface area (Å²) < 4.78 is 0. The van der Waals surface area contributed by atoms with Crippen LogP contribution in [0.25, 0.3) is 11.4 Å². The Kier molecular flexibility index (Phi) is 3.42. The van der Waals surface area contributed by atoms with Crippen LogP contribution < -0.4 is 11.1 Å². The normalized spacial score (nSPS) is 10.3. The quantitative estimate of drug-likeness (QED) is 0.765. The third-order valence-electron chi connectivity index (χ3n) is 2.84. The molecule has 0 saturated carbocycles. The van der Waals surface area contributed by atoms with E-state index in [-0.39, 0.29) is 5.95 Å². The molecule has 0 unspecified atom stereocenters. The van der Waals surface area contributed by atoms with Crippen LogP contribution in [0.15, 0.2) is 48.7 Å². The molecule has 6 heteroatoms. The van der Waals surface area contributed by atoms with Crippen LogP contribution in [0.2, 0.25) is 0 Å². The number of pyridine rings is 1. The number of nitrogens with zero attached hydrogens (tertiary/aromatic N) is 4. The minimum absolute atomic E-state index is 0.178. The van der Waals surface area contributed by atoms with Gasteiger partial charge in [-0.2, -0.15) is 15.0 Å². The van der Waals surface area contributed by atoms with E-state index in [9.17, 15) is 0 Å². The van der Waals surface area contributed by atoms with Crippen LogP contribution in [-0.2, 0) is 0 Å². The number of benzene rings is 1.